The summed E-state index contributed by atoms with van der Waals surface area (Å²) in [7, 11) is 0. The molecule has 0 aliphatic rings. The number of nitrogens with zero attached hydrogens (tertiary/aromatic N) is 2. The summed E-state index contributed by atoms with van der Waals surface area (Å²) in [4.78, 5) is 15.7. The summed E-state index contributed by atoms with van der Waals surface area (Å²) >= 11 is 0. The van der Waals surface area contributed by atoms with Crippen molar-refractivity contribution >= 4 is 0 Å². The van der Waals surface area contributed by atoms with Gasteiger partial charge in [0.05, 0.1) is 0 Å². The molecule has 7 nitrogen and oxygen atoms in total. The van der Waals surface area contributed by atoms with E-state index in [0.29, 0.717) is 0 Å². The smallest absolute Gasteiger partial charge is 0.271 e. The Balaban J connectivity index is 3.83. The standard InChI is InChI=1S/CH2N2O5/c4-1(2(5)6)3(7)8/h1,4H. The van der Waals surface area contributed by atoms with E-state index in [9.17, 15) is 20.2 Å². The van der Waals surface area contributed by atoms with Crippen LogP contribution in [0.4, 0.5) is 0 Å². The minimum Gasteiger partial charge on any atom is -0.271 e. The van der Waals surface area contributed by atoms with Gasteiger partial charge < -0.3 is 0 Å². The highest BCUT2D eigenvalue weighted by atomic mass is 16.7. The van der Waals surface area contributed by atoms with Crippen molar-refractivity contribution in [2.75, 3.05) is 0 Å². The first-order chi connectivity index (χ1) is 3.55. The predicted molar refractivity (Wildman–Crippen MR) is 20.0 cm³/mol. The first-order valence-corrected chi connectivity index (χ1v) is 1.50. The second kappa shape index (κ2) is 2.17. The van der Waals surface area contributed by atoms with Gasteiger partial charge in [0, 0.05) is 0 Å². The van der Waals surface area contributed by atoms with E-state index < -0.39 is 16.2 Å². The van der Waals surface area contributed by atoms with E-state index in [1.165, 1.54) is 0 Å². The number of rotatable bonds is 2. The van der Waals surface area contributed by atoms with Gasteiger partial charge in [-0.1, -0.05) is 0 Å². The summed E-state index contributed by atoms with van der Waals surface area (Å²) < 4.78 is 0. The van der Waals surface area contributed by atoms with Gasteiger partial charge in [-0.25, -0.2) is 0 Å². The summed E-state index contributed by atoms with van der Waals surface area (Å²) in [5.41, 5.74) is 0. The van der Waals surface area contributed by atoms with Crippen LogP contribution in [0.5, 0.6) is 0 Å². The van der Waals surface area contributed by atoms with Crippen LogP contribution in [0.25, 0.3) is 0 Å². The number of hydrogen-bond donors (Lipinski definition) is 1. The molecule has 0 radical (unpaired) electrons. The van der Waals surface area contributed by atoms with Crippen molar-refractivity contribution in [3.8, 4) is 0 Å². The topological polar surface area (TPSA) is 107 Å². The van der Waals surface area contributed by atoms with Crippen LogP contribution in [0, 0.1) is 20.2 Å². The molecular weight excluding hydrogens is 120 g/mol. The maximum absolute atomic E-state index is 9.25. The van der Waals surface area contributed by atoms with E-state index in [1.54, 1.807) is 0 Å². The molecule has 0 unspecified atom stereocenters. The molecule has 0 aliphatic carbocycles. The minimum atomic E-state index is -2.69. The van der Waals surface area contributed by atoms with Crippen LogP contribution in [-0.4, -0.2) is 21.3 Å². The maximum atomic E-state index is 9.25. The molecule has 0 aromatic rings. The van der Waals surface area contributed by atoms with Crippen LogP contribution in [-0.2, 0) is 0 Å². The summed E-state index contributed by atoms with van der Waals surface area (Å²) in [6.45, 7) is 0. The first kappa shape index (κ1) is 6.76. The Hall–Kier alpha value is -1.24. The molecular formula is CH2N2O5. The summed E-state index contributed by atoms with van der Waals surface area (Å²) in [5.74, 6) is 0. The van der Waals surface area contributed by atoms with Crippen molar-refractivity contribution in [1.82, 2.24) is 0 Å². The van der Waals surface area contributed by atoms with Gasteiger partial charge in [-0.05, 0) is 0 Å². The molecule has 0 saturated heterocycles. The van der Waals surface area contributed by atoms with Gasteiger partial charge in [0.1, 0.15) is 9.85 Å². The Morgan fingerprint density at radius 2 is 1.50 bits per heavy atom. The third kappa shape index (κ3) is 1.47. The van der Waals surface area contributed by atoms with Gasteiger partial charge in [-0.15, -0.1) is 0 Å². The molecule has 1 N–H and O–H groups in total. The van der Waals surface area contributed by atoms with Crippen LogP contribution < -0.4 is 0 Å². The molecule has 0 atom stereocenters. The predicted octanol–water partition coefficient (Wildman–Crippen LogP) is -1.18. The fourth-order valence-corrected chi connectivity index (χ4v) is 0.0770. The molecule has 0 saturated carbocycles. The fourth-order valence-electron chi connectivity index (χ4n) is 0.0770. The van der Waals surface area contributed by atoms with E-state index in [4.69, 9.17) is 5.11 Å². The maximum Gasteiger partial charge on any atom is 0.568 e. The quantitative estimate of drug-likeness (QED) is 0.281. The van der Waals surface area contributed by atoms with Gasteiger partial charge in [0.15, 0.2) is 0 Å². The third-order valence-corrected chi connectivity index (χ3v) is 0.377. The molecule has 46 valence electrons. The number of nitro groups is 2. The Morgan fingerprint density at radius 1 is 1.25 bits per heavy atom. The molecule has 8 heavy (non-hydrogen) atoms. The second-order valence-corrected chi connectivity index (χ2v) is 0.917. The molecule has 0 rings (SSSR count). The SMILES string of the molecule is O=[N+]([O-])C(O)[N+](=O)[O-]. The Bertz CT molecular complexity index is 106. The molecule has 0 aromatic heterocycles. The van der Waals surface area contributed by atoms with Gasteiger partial charge in [-0.2, -0.15) is 0 Å². The lowest BCUT2D eigenvalue weighted by Gasteiger charge is -1.88. The average Bonchev–Trinajstić information content (AvgIpc) is 1.64. The lowest BCUT2D eigenvalue weighted by molar-refractivity contribution is -0.789. The van der Waals surface area contributed by atoms with E-state index in [1.807, 2.05) is 0 Å². The Kier molecular flexibility index (Phi) is 1.83. The van der Waals surface area contributed by atoms with E-state index in [0.717, 1.165) is 0 Å². The average molecular weight is 122 g/mol. The minimum absolute atomic E-state index is 1.40. The van der Waals surface area contributed by atoms with Crippen molar-refractivity contribution < 1.29 is 15.0 Å². The Morgan fingerprint density at radius 3 is 1.50 bits per heavy atom. The van der Waals surface area contributed by atoms with Gasteiger partial charge >= 0.3 is 6.35 Å². The zero-order valence-corrected chi connectivity index (χ0v) is 3.55. The molecule has 0 amide bonds. The highest BCUT2D eigenvalue weighted by Gasteiger charge is 2.26. The lowest BCUT2D eigenvalue weighted by Crippen LogP contribution is -2.27. The van der Waals surface area contributed by atoms with Crippen molar-refractivity contribution in [3.05, 3.63) is 20.2 Å². The molecule has 0 aliphatic heterocycles. The zero-order valence-electron chi connectivity index (χ0n) is 3.55. The van der Waals surface area contributed by atoms with Crippen LogP contribution in [0.3, 0.4) is 0 Å². The zero-order chi connectivity index (χ0) is 6.73. The summed E-state index contributed by atoms with van der Waals surface area (Å²) in [6, 6.07) is 0. The number of hydrogen-bond acceptors (Lipinski definition) is 5. The van der Waals surface area contributed by atoms with Crippen LogP contribution >= 0.6 is 0 Å². The van der Waals surface area contributed by atoms with Gasteiger partial charge in [0.25, 0.3) is 0 Å². The van der Waals surface area contributed by atoms with Crippen molar-refractivity contribution in [2.45, 2.75) is 6.35 Å². The lowest BCUT2D eigenvalue weighted by atomic mass is 11.1. The van der Waals surface area contributed by atoms with Crippen LogP contribution in [0.15, 0.2) is 0 Å². The molecule has 0 bridgehead atoms. The number of aliphatic hydroxyl groups is 1. The monoisotopic (exact) mass is 122 g/mol. The van der Waals surface area contributed by atoms with Gasteiger partial charge in [-0.3, -0.25) is 25.3 Å². The number of aliphatic hydroxyl groups excluding tert-OH is 1. The summed E-state index contributed by atoms with van der Waals surface area (Å²) in [5, 5.41) is 26.3. The highest BCUT2D eigenvalue weighted by molar-refractivity contribution is 4.12. The van der Waals surface area contributed by atoms with E-state index in [2.05, 4.69) is 0 Å². The summed E-state index contributed by atoms with van der Waals surface area (Å²) in [6.07, 6.45) is -2.69. The van der Waals surface area contributed by atoms with Crippen LogP contribution in [0.1, 0.15) is 0 Å². The second-order valence-electron chi connectivity index (χ2n) is 0.917. The van der Waals surface area contributed by atoms with Crippen molar-refractivity contribution in [1.29, 1.82) is 0 Å². The van der Waals surface area contributed by atoms with Gasteiger partial charge in [0.2, 0.25) is 0 Å². The van der Waals surface area contributed by atoms with E-state index in [-0.39, 0.29) is 0 Å². The highest BCUT2D eigenvalue weighted by Crippen LogP contribution is 1.81. The Labute approximate surface area is 42.8 Å². The van der Waals surface area contributed by atoms with Crippen molar-refractivity contribution in [2.24, 2.45) is 0 Å². The van der Waals surface area contributed by atoms with Crippen LogP contribution in [0.2, 0.25) is 0 Å². The molecule has 0 aromatic carbocycles. The molecule has 0 spiro atoms. The fraction of sp³-hybridized carbons (Fsp3) is 1.00. The third-order valence-electron chi connectivity index (χ3n) is 0.377. The van der Waals surface area contributed by atoms with E-state index >= 15 is 0 Å². The molecule has 0 fully saturated rings. The largest absolute Gasteiger partial charge is 0.568 e. The first-order valence-electron chi connectivity index (χ1n) is 1.50. The molecule has 0 heterocycles. The molecule has 7 heteroatoms. The normalized spacial score (nSPS) is 9.25. The van der Waals surface area contributed by atoms with Crippen molar-refractivity contribution in [3.63, 3.8) is 0 Å².